The van der Waals surface area contributed by atoms with Crippen LogP contribution in [0, 0.1) is 0 Å². The molecule has 1 heterocycles. The Morgan fingerprint density at radius 1 is 1.35 bits per heavy atom. The zero-order valence-electron chi connectivity index (χ0n) is 14.4. The Hall–Kier alpha value is -1.32. The molecule has 0 spiro atoms. The molecule has 0 fully saturated rings. The quantitative estimate of drug-likeness (QED) is 0.735. The maximum absolute atomic E-state index is 12.5. The van der Waals surface area contributed by atoms with Crippen LogP contribution in [-0.2, 0) is 4.74 Å². The maximum atomic E-state index is 12.5. The molecule has 0 saturated heterocycles. The van der Waals surface area contributed by atoms with Crippen LogP contribution in [0.4, 0.5) is 4.79 Å². The summed E-state index contributed by atoms with van der Waals surface area (Å²) in [4.78, 5) is 19.2. The fourth-order valence-electron chi connectivity index (χ4n) is 2.41. The van der Waals surface area contributed by atoms with Gasteiger partial charge in [0.2, 0.25) is 0 Å². The molecule has 1 aromatic rings. The van der Waals surface area contributed by atoms with Crippen LogP contribution < -0.4 is 4.46 Å². The number of carbonyl (C=O) groups excluding carboxylic acids is 1. The molecule has 0 N–H and O–H groups in total. The van der Waals surface area contributed by atoms with E-state index < -0.39 is 5.60 Å². The van der Waals surface area contributed by atoms with Gasteiger partial charge in [0.25, 0.3) is 0 Å². The molecule has 0 aromatic heterocycles. The van der Waals surface area contributed by atoms with E-state index in [-0.39, 0.29) is 21.1 Å². The van der Waals surface area contributed by atoms with Gasteiger partial charge in [0.1, 0.15) is 0 Å². The molecule has 1 amide bonds. The molecule has 4 nitrogen and oxygen atoms in total. The summed E-state index contributed by atoms with van der Waals surface area (Å²) >= 11 is 0.265. The van der Waals surface area contributed by atoms with Crippen LogP contribution in [0.2, 0.25) is 4.82 Å². The molecule has 5 heteroatoms. The fourth-order valence-corrected chi connectivity index (χ4v) is 5.14. The first-order valence-corrected chi connectivity index (χ1v) is 10.0. The Labute approximate surface area is 145 Å². The van der Waals surface area contributed by atoms with E-state index >= 15 is 0 Å². The summed E-state index contributed by atoms with van der Waals surface area (Å²) < 4.78 is 6.89. The van der Waals surface area contributed by atoms with Gasteiger partial charge >= 0.3 is 145 Å². The number of benzene rings is 1. The first-order valence-electron chi connectivity index (χ1n) is 8.17. The summed E-state index contributed by atoms with van der Waals surface area (Å²) in [7, 11) is 0. The molecule has 1 aromatic carbocycles. The number of amides is 1. The summed E-state index contributed by atoms with van der Waals surface area (Å²) in [6, 6.07) is 10.5. The van der Waals surface area contributed by atoms with Crippen LogP contribution in [0.15, 0.2) is 35.3 Å². The predicted octanol–water partition coefficient (Wildman–Crippen LogP) is 3.25. The number of carbonyl (C=O) groups is 1. The molecule has 1 aliphatic heterocycles. The zero-order chi connectivity index (χ0) is 16.9. The van der Waals surface area contributed by atoms with Crippen molar-refractivity contribution in [2.24, 2.45) is 4.99 Å². The van der Waals surface area contributed by atoms with Gasteiger partial charge in [-0.3, -0.25) is 0 Å². The average molecular weight is 381 g/mol. The molecular weight excluding hydrogens is 355 g/mol. The molecular formula is C18H26N2O2Se. The van der Waals surface area contributed by atoms with E-state index in [9.17, 15) is 4.79 Å². The van der Waals surface area contributed by atoms with Gasteiger partial charge in [-0.2, -0.15) is 0 Å². The Morgan fingerprint density at radius 2 is 2.04 bits per heavy atom. The molecule has 23 heavy (non-hydrogen) atoms. The van der Waals surface area contributed by atoms with Crippen LogP contribution in [0.1, 0.15) is 40.5 Å². The number of nitrogens with zero attached hydrogens (tertiary/aromatic N) is 2. The van der Waals surface area contributed by atoms with Gasteiger partial charge in [-0.15, -0.1) is 0 Å². The van der Waals surface area contributed by atoms with E-state index in [0.29, 0.717) is 17.9 Å². The second kappa shape index (κ2) is 7.98. The van der Waals surface area contributed by atoms with Crippen molar-refractivity contribution in [2.45, 2.75) is 51.0 Å². The summed E-state index contributed by atoms with van der Waals surface area (Å²) in [5.41, 5.74) is -0.477. The van der Waals surface area contributed by atoms with Gasteiger partial charge in [0, 0.05) is 0 Å². The van der Waals surface area contributed by atoms with E-state index in [1.54, 1.807) is 4.90 Å². The molecule has 0 bridgehead atoms. The molecule has 126 valence electrons. The van der Waals surface area contributed by atoms with E-state index in [0.717, 1.165) is 18.7 Å². The minimum absolute atomic E-state index is 0.265. The van der Waals surface area contributed by atoms with Crippen LogP contribution in [-0.4, -0.2) is 50.5 Å². The average Bonchev–Trinajstić information content (AvgIpc) is 2.95. The summed E-state index contributed by atoms with van der Waals surface area (Å²) in [6.45, 7) is 9.19. The van der Waals surface area contributed by atoms with Crippen LogP contribution >= 0.6 is 0 Å². The SMILES string of the molecule is CCCC([Se]c1ccccc1)C1=NCCN1C(=O)OC(C)(C)C. The fraction of sp³-hybridized carbons (Fsp3) is 0.556. The van der Waals surface area contributed by atoms with E-state index in [4.69, 9.17) is 4.74 Å². The van der Waals surface area contributed by atoms with Crippen molar-refractivity contribution in [3.05, 3.63) is 30.3 Å². The molecule has 1 aliphatic rings. The summed E-state index contributed by atoms with van der Waals surface area (Å²) in [5.74, 6) is 0.921. The second-order valence-electron chi connectivity index (χ2n) is 6.58. The van der Waals surface area contributed by atoms with Gasteiger partial charge in [-0.25, -0.2) is 0 Å². The van der Waals surface area contributed by atoms with Crippen LogP contribution in [0.3, 0.4) is 0 Å². The number of hydrogen-bond donors (Lipinski definition) is 0. The zero-order valence-corrected chi connectivity index (χ0v) is 16.1. The van der Waals surface area contributed by atoms with Crippen molar-refractivity contribution in [1.29, 1.82) is 0 Å². The van der Waals surface area contributed by atoms with E-state index in [1.807, 2.05) is 26.8 Å². The van der Waals surface area contributed by atoms with Crippen molar-refractivity contribution in [3.8, 4) is 0 Å². The van der Waals surface area contributed by atoms with Crippen molar-refractivity contribution in [1.82, 2.24) is 4.90 Å². The molecule has 0 radical (unpaired) electrons. The molecule has 0 aliphatic carbocycles. The first kappa shape index (κ1) is 18.0. The Bertz CT molecular complexity index is 552. The Morgan fingerprint density at radius 3 is 2.65 bits per heavy atom. The summed E-state index contributed by atoms with van der Waals surface area (Å²) in [6.07, 6.45) is 1.87. The van der Waals surface area contributed by atoms with Gasteiger partial charge in [0.05, 0.1) is 0 Å². The number of rotatable bonds is 5. The minimum atomic E-state index is -0.477. The van der Waals surface area contributed by atoms with Crippen molar-refractivity contribution in [2.75, 3.05) is 13.1 Å². The molecule has 0 saturated carbocycles. The monoisotopic (exact) mass is 382 g/mol. The van der Waals surface area contributed by atoms with Gasteiger partial charge < -0.3 is 0 Å². The van der Waals surface area contributed by atoms with Gasteiger partial charge in [-0.05, 0) is 0 Å². The number of amidine groups is 1. The number of aliphatic imine (C=N–C) groups is 1. The van der Waals surface area contributed by atoms with Crippen LogP contribution in [0.25, 0.3) is 0 Å². The third-order valence-electron chi connectivity index (χ3n) is 3.35. The van der Waals surface area contributed by atoms with Crippen molar-refractivity contribution >= 4 is 31.3 Å². The van der Waals surface area contributed by atoms with Crippen LogP contribution in [0.5, 0.6) is 0 Å². The Balaban J connectivity index is 2.12. The Kier molecular flexibility index (Phi) is 6.25. The second-order valence-corrected chi connectivity index (χ2v) is 9.26. The topological polar surface area (TPSA) is 41.9 Å². The molecule has 2 rings (SSSR count). The van der Waals surface area contributed by atoms with E-state index in [1.165, 1.54) is 4.46 Å². The van der Waals surface area contributed by atoms with Crippen molar-refractivity contribution in [3.63, 3.8) is 0 Å². The number of ether oxygens (including phenoxy) is 1. The van der Waals surface area contributed by atoms with E-state index in [2.05, 4.69) is 36.2 Å². The summed E-state index contributed by atoms with van der Waals surface area (Å²) in [5, 5.41) is 0. The van der Waals surface area contributed by atoms with Crippen molar-refractivity contribution < 1.29 is 9.53 Å². The molecule has 1 atom stereocenters. The van der Waals surface area contributed by atoms with Gasteiger partial charge in [0.15, 0.2) is 0 Å². The predicted molar refractivity (Wildman–Crippen MR) is 95.7 cm³/mol. The third-order valence-corrected chi connectivity index (χ3v) is 6.02. The third kappa shape index (κ3) is 5.36. The molecule has 1 unspecified atom stereocenters. The first-order chi connectivity index (χ1) is 10.9. The number of hydrogen-bond acceptors (Lipinski definition) is 3. The normalized spacial score (nSPS) is 16.2. The van der Waals surface area contributed by atoms with Gasteiger partial charge in [-0.1, -0.05) is 0 Å². The standard InChI is InChI=1S/C18H26N2O2Se/c1-5-9-15(23-14-10-7-6-8-11-14)16-19-12-13-20(16)17(21)22-18(2,3)4/h6-8,10-11,15H,5,9,12-13H2,1-4H3.